The molecule has 1 aromatic rings. The number of sulfonamides is 1. The molecule has 5 nitrogen and oxygen atoms in total. The summed E-state index contributed by atoms with van der Waals surface area (Å²) < 4.78 is 27.5. The maximum Gasteiger partial charge on any atom is 0.243 e. The van der Waals surface area contributed by atoms with E-state index in [0.29, 0.717) is 42.7 Å². The van der Waals surface area contributed by atoms with Gasteiger partial charge in [0, 0.05) is 32.1 Å². The molecule has 0 bridgehead atoms. The second-order valence-corrected chi connectivity index (χ2v) is 10.5. The summed E-state index contributed by atoms with van der Waals surface area (Å²) in [5.41, 5.74) is 1.13. The molecule has 3 rings (SSSR count). The van der Waals surface area contributed by atoms with E-state index in [2.05, 4.69) is 20.8 Å². The lowest BCUT2D eigenvalue weighted by Crippen LogP contribution is -2.47. The van der Waals surface area contributed by atoms with Crippen LogP contribution in [0.15, 0.2) is 29.2 Å². The van der Waals surface area contributed by atoms with Gasteiger partial charge in [0.2, 0.25) is 15.9 Å². The van der Waals surface area contributed by atoms with E-state index in [1.807, 2.05) is 17.0 Å². The zero-order chi connectivity index (χ0) is 20.3. The lowest BCUT2D eigenvalue weighted by Gasteiger charge is -2.37. The van der Waals surface area contributed by atoms with E-state index < -0.39 is 10.0 Å². The third-order valence-corrected chi connectivity index (χ3v) is 8.31. The minimum atomic E-state index is -3.48. The fourth-order valence-electron chi connectivity index (χ4n) is 4.37. The standard InChI is InChI=1S/C22H34N2O3S/c1-4-18-6-5-13-23(16-18)22(25)20-11-14-24(15-12-20)28(26,27)21-9-7-19(8-10-21)17(2)3/h7-10,17-18,20H,4-6,11-16H2,1-3H3. The first-order valence-corrected chi connectivity index (χ1v) is 12.2. The lowest BCUT2D eigenvalue weighted by atomic mass is 9.92. The van der Waals surface area contributed by atoms with Crippen LogP contribution in [0.3, 0.4) is 0 Å². The molecule has 2 fully saturated rings. The van der Waals surface area contributed by atoms with E-state index >= 15 is 0 Å². The van der Waals surface area contributed by atoms with Gasteiger partial charge in [0.05, 0.1) is 4.90 Å². The van der Waals surface area contributed by atoms with Crippen molar-refractivity contribution in [3.63, 3.8) is 0 Å². The second-order valence-electron chi connectivity index (χ2n) is 8.60. The summed E-state index contributed by atoms with van der Waals surface area (Å²) in [6.07, 6.45) is 4.66. The molecule has 2 saturated heterocycles. The SMILES string of the molecule is CCC1CCCN(C(=O)C2CCN(S(=O)(=O)c3ccc(C(C)C)cc3)CC2)C1. The molecule has 1 unspecified atom stereocenters. The van der Waals surface area contributed by atoms with Crippen LogP contribution in [0.2, 0.25) is 0 Å². The minimum absolute atomic E-state index is 0.0367. The van der Waals surface area contributed by atoms with Crippen molar-refractivity contribution in [1.29, 1.82) is 0 Å². The molecule has 1 atom stereocenters. The summed E-state index contributed by atoms with van der Waals surface area (Å²) in [5.74, 6) is 1.19. The molecule has 2 heterocycles. The Morgan fingerprint density at radius 3 is 2.29 bits per heavy atom. The largest absolute Gasteiger partial charge is 0.342 e. The first-order valence-electron chi connectivity index (χ1n) is 10.7. The van der Waals surface area contributed by atoms with E-state index in [9.17, 15) is 13.2 Å². The van der Waals surface area contributed by atoms with Crippen LogP contribution in [-0.4, -0.2) is 49.7 Å². The van der Waals surface area contributed by atoms with Gasteiger partial charge < -0.3 is 4.90 Å². The molecule has 28 heavy (non-hydrogen) atoms. The number of hydrogen-bond donors (Lipinski definition) is 0. The van der Waals surface area contributed by atoms with Crippen LogP contribution in [-0.2, 0) is 14.8 Å². The molecule has 2 aliphatic heterocycles. The Labute approximate surface area is 170 Å². The molecule has 6 heteroatoms. The fraction of sp³-hybridized carbons (Fsp3) is 0.682. The van der Waals surface area contributed by atoms with Crippen LogP contribution < -0.4 is 0 Å². The minimum Gasteiger partial charge on any atom is -0.342 e. The van der Waals surface area contributed by atoms with Gasteiger partial charge in [-0.3, -0.25) is 4.79 Å². The summed E-state index contributed by atoms with van der Waals surface area (Å²) in [6, 6.07) is 7.21. The van der Waals surface area contributed by atoms with E-state index in [4.69, 9.17) is 0 Å². The normalized spacial score (nSPS) is 22.6. The van der Waals surface area contributed by atoms with Gasteiger partial charge in [-0.15, -0.1) is 0 Å². The topological polar surface area (TPSA) is 57.7 Å². The molecule has 0 aromatic heterocycles. The number of carbonyl (C=O) groups is 1. The third kappa shape index (κ3) is 4.60. The molecular formula is C22H34N2O3S. The van der Waals surface area contributed by atoms with Gasteiger partial charge in [0.15, 0.2) is 0 Å². The summed E-state index contributed by atoms with van der Waals surface area (Å²) in [5, 5.41) is 0. The van der Waals surface area contributed by atoms with Gasteiger partial charge in [-0.25, -0.2) is 8.42 Å². The van der Waals surface area contributed by atoms with Crippen molar-refractivity contribution in [2.75, 3.05) is 26.2 Å². The summed E-state index contributed by atoms with van der Waals surface area (Å²) >= 11 is 0. The van der Waals surface area contributed by atoms with Crippen molar-refractivity contribution in [3.05, 3.63) is 29.8 Å². The fourth-order valence-corrected chi connectivity index (χ4v) is 5.84. The molecule has 156 valence electrons. The Bertz CT molecular complexity index is 765. The Kier molecular flexibility index (Phi) is 6.81. The van der Waals surface area contributed by atoms with E-state index in [0.717, 1.165) is 31.5 Å². The van der Waals surface area contributed by atoms with Crippen molar-refractivity contribution < 1.29 is 13.2 Å². The molecule has 0 spiro atoms. The maximum absolute atomic E-state index is 13.0. The van der Waals surface area contributed by atoms with Gasteiger partial charge in [-0.2, -0.15) is 4.31 Å². The number of benzene rings is 1. The van der Waals surface area contributed by atoms with Crippen molar-refractivity contribution >= 4 is 15.9 Å². The monoisotopic (exact) mass is 406 g/mol. The van der Waals surface area contributed by atoms with E-state index in [1.165, 1.54) is 6.42 Å². The summed E-state index contributed by atoms with van der Waals surface area (Å²) in [4.78, 5) is 15.3. The average Bonchev–Trinajstić information content (AvgIpc) is 2.73. The number of amides is 1. The Balaban J connectivity index is 1.60. The Hall–Kier alpha value is -1.40. The van der Waals surface area contributed by atoms with Crippen molar-refractivity contribution in [2.45, 2.75) is 63.7 Å². The van der Waals surface area contributed by atoms with Crippen LogP contribution in [0.4, 0.5) is 0 Å². The lowest BCUT2D eigenvalue weighted by molar-refractivity contribution is -0.138. The van der Waals surface area contributed by atoms with Crippen LogP contribution in [0.25, 0.3) is 0 Å². The second kappa shape index (κ2) is 8.95. The van der Waals surface area contributed by atoms with Gasteiger partial charge in [-0.05, 0) is 55.2 Å². The van der Waals surface area contributed by atoms with E-state index in [-0.39, 0.29) is 11.8 Å². The number of rotatable bonds is 5. The van der Waals surface area contributed by atoms with Crippen molar-refractivity contribution in [1.82, 2.24) is 9.21 Å². The zero-order valence-corrected chi connectivity index (χ0v) is 18.2. The summed E-state index contributed by atoms with van der Waals surface area (Å²) in [6.45, 7) is 8.96. The van der Waals surface area contributed by atoms with Gasteiger partial charge in [0.25, 0.3) is 0 Å². The van der Waals surface area contributed by atoms with E-state index in [1.54, 1.807) is 16.4 Å². The smallest absolute Gasteiger partial charge is 0.243 e. The molecule has 0 N–H and O–H groups in total. The molecule has 1 amide bonds. The predicted molar refractivity (Wildman–Crippen MR) is 112 cm³/mol. The van der Waals surface area contributed by atoms with Gasteiger partial charge in [-0.1, -0.05) is 39.3 Å². The molecular weight excluding hydrogens is 372 g/mol. The summed E-state index contributed by atoms with van der Waals surface area (Å²) in [7, 11) is -3.48. The quantitative estimate of drug-likeness (QED) is 0.746. The molecule has 0 aliphatic carbocycles. The number of likely N-dealkylation sites (tertiary alicyclic amines) is 1. The number of nitrogens with zero attached hydrogens (tertiary/aromatic N) is 2. The first-order chi connectivity index (χ1) is 13.3. The highest BCUT2D eigenvalue weighted by atomic mass is 32.2. The third-order valence-electron chi connectivity index (χ3n) is 6.40. The van der Waals surface area contributed by atoms with Crippen LogP contribution in [0.1, 0.15) is 64.4 Å². The van der Waals surface area contributed by atoms with Crippen molar-refractivity contribution in [2.24, 2.45) is 11.8 Å². The number of carbonyl (C=O) groups excluding carboxylic acids is 1. The number of hydrogen-bond acceptors (Lipinski definition) is 3. The first kappa shape index (κ1) is 21.3. The highest BCUT2D eigenvalue weighted by molar-refractivity contribution is 7.89. The molecule has 2 aliphatic rings. The van der Waals surface area contributed by atoms with Gasteiger partial charge >= 0.3 is 0 Å². The van der Waals surface area contributed by atoms with Crippen LogP contribution in [0, 0.1) is 11.8 Å². The Morgan fingerprint density at radius 2 is 1.71 bits per heavy atom. The molecule has 1 aromatic carbocycles. The molecule has 0 saturated carbocycles. The maximum atomic E-state index is 13.0. The highest BCUT2D eigenvalue weighted by Crippen LogP contribution is 2.28. The van der Waals surface area contributed by atoms with Crippen molar-refractivity contribution in [3.8, 4) is 0 Å². The predicted octanol–water partition coefficient (Wildman–Crippen LogP) is 3.86. The molecule has 0 radical (unpaired) electrons. The number of piperidine rings is 2. The van der Waals surface area contributed by atoms with Gasteiger partial charge in [0.1, 0.15) is 0 Å². The average molecular weight is 407 g/mol. The zero-order valence-electron chi connectivity index (χ0n) is 17.4. The van der Waals surface area contributed by atoms with Crippen LogP contribution in [0.5, 0.6) is 0 Å². The highest BCUT2D eigenvalue weighted by Gasteiger charge is 2.34. The Morgan fingerprint density at radius 1 is 1.07 bits per heavy atom. The van der Waals surface area contributed by atoms with Crippen LogP contribution >= 0.6 is 0 Å².